The van der Waals surface area contributed by atoms with Gasteiger partial charge in [-0.1, -0.05) is 54.6 Å². The molecule has 0 saturated carbocycles. The summed E-state index contributed by atoms with van der Waals surface area (Å²) < 4.78 is 5.16. The number of nitrogens with one attached hydrogen (secondary N) is 1. The van der Waals surface area contributed by atoms with Crippen LogP contribution in [0, 0.1) is 0 Å². The highest BCUT2D eigenvalue weighted by Gasteiger charge is 2.12. The van der Waals surface area contributed by atoms with Crippen LogP contribution < -0.4 is 5.32 Å². The van der Waals surface area contributed by atoms with Gasteiger partial charge in [-0.25, -0.2) is 4.79 Å². The lowest BCUT2D eigenvalue weighted by molar-refractivity contribution is -0.124. The number of benzene rings is 3. The third-order valence-corrected chi connectivity index (χ3v) is 4.79. The van der Waals surface area contributed by atoms with Gasteiger partial charge in [0.1, 0.15) is 0 Å². The van der Waals surface area contributed by atoms with Crippen molar-refractivity contribution in [1.29, 1.82) is 0 Å². The van der Waals surface area contributed by atoms with Gasteiger partial charge in [0.2, 0.25) is 0 Å². The first-order valence-electron chi connectivity index (χ1n) is 8.33. The van der Waals surface area contributed by atoms with Crippen LogP contribution in [0.1, 0.15) is 10.4 Å². The molecular formula is C21H19NO3S. The summed E-state index contributed by atoms with van der Waals surface area (Å²) in [7, 11) is 0. The van der Waals surface area contributed by atoms with Crippen LogP contribution >= 0.6 is 11.8 Å². The fraction of sp³-hybridized carbons (Fsp3) is 0.143. The second kappa shape index (κ2) is 9.06. The first-order chi connectivity index (χ1) is 12.7. The standard InChI is InChI=1S/C21H19NO3S/c23-20(22-13-14-26-17-9-2-1-3-10-17)15-25-21(24)19-12-6-8-16-7-4-5-11-18(16)19/h1-12H,13-15H2,(H,22,23). The minimum Gasteiger partial charge on any atom is -0.452 e. The molecule has 5 heteroatoms. The normalized spacial score (nSPS) is 10.5. The van der Waals surface area contributed by atoms with E-state index in [2.05, 4.69) is 5.32 Å². The predicted octanol–water partition coefficient (Wildman–Crippen LogP) is 3.91. The Bertz CT molecular complexity index is 891. The van der Waals surface area contributed by atoms with E-state index in [1.54, 1.807) is 23.9 Å². The maximum absolute atomic E-state index is 12.3. The zero-order chi connectivity index (χ0) is 18.2. The summed E-state index contributed by atoms with van der Waals surface area (Å²) in [5, 5.41) is 4.54. The minimum atomic E-state index is -0.490. The molecule has 0 unspecified atom stereocenters. The largest absolute Gasteiger partial charge is 0.452 e. The van der Waals surface area contributed by atoms with Crippen molar-refractivity contribution < 1.29 is 14.3 Å². The molecule has 0 aliphatic carbocycles. The number of hydrogen-bond donors (Lipinski definition) is 1. The van der Waals surface area contributed by atoms with Crippen LogP contribution in [0.3, 0.4) is 0 Å². The van der Waals surface area contributed by atoms with E-state index in [0.29, 0.717) is 12.1 Å². The molecule has 132 valence electrons. The molecule has 3 aromatic carbocycles. The molecule has 1 N–H and O–H groups in total. The van der Waals surface area contributed by atoms with Crippen molar-refractivity contribution in [2.24, 2.45) is 0 Å². The molecule has 0 bridgehead atoms. The smallest absolute Gasteiger partial charge is 0.339 e. The molecular weight excluding hydrogens is 346 g/mol. The third kappa shape index (κ3) is 4.86. The Balaban J connectivity index is 1.44. The molecule has 4 nitrogen and oxygen atoms in total. The summed E-state index contributed by atoms with van der Waals surface area (Å²) >= 11 is 1.66. The van der Waals surface area contributed by atoms with Crippen LogP contribution in [-0.2, 0) is 9.53 Å². The van der Waals surface area contributed by atoms with Crippen molar-refractivity contribution in [1.82, 2.24) is 5.32 Å². The van der Waals surface area contributed by atoms with Crippen LogP contribution in [0.25, 0.3) is 10.8 Å². The molecule has 3 aromatic rings. The maximum atomic E-state index is 12.3. The van der Waals surface area contributed by atoms with Crippen molar-refractivity contribution >= 4 is 34.4 Å². The molecule has 0 aromatic heterocycles. The summed E-state index contributed by atoms with van der Waals surface area (Å²) in [6.07, 6.45) is 0. The van der Waals surface area contributed by atoms with Gasteiger partial charge in [0.25, 0.3) is 5.91 Å². The van der Waals surface area contributed by atoms with Crippen LogP contribution in [0.5, 0.6) is 0 Å². The number of ether oxygens (including phenoxy) is 1. The molecule has 0 spiro atoms. The third-order valence-electron chi connectivity index (χ3n) is 3.78. The fourth-order valence-corrected chi connectivity index (χ4v) is 3.33. The maximum Gasteiger partial charge on any atom is 0.339 e. The Labute approximate surface area is 156 Å². The number of carbonyl (C=O) groups is 2. The number of esters is 1. The van der Waals surface area contributed by atoms with Crippen LogP contribution in [-0.4, -0.2) is 30.8 Å². The average Bonchev–Trinajstić information content (AvgIpc) is 2.70. The summed E-state index contributed by atoms with van der Waals surface area (Å²) in [5.41, 5.74) is 0.468. The van der Waals surface area contributed by atoms with Crippen LogP contribution in [0.4, 0.5) is 0 Å². The van der Waals surface area contributed by atoms with E-state index in [-0.39, 0.29) is 12.5 Å². The van der Waals surface area contributed by atoms with E-state index in [9.17, 15) is 9.59 Å². The van der Waals surface area contributed by atoms with Crippen molar-refractivity contribution in [2.45, 2.75) is 4.90 Å². The van der Waals surface area contributed by atoms with Gasteiger partial charge in [-0.2, -0.15) is 0 Å². The van der Waals surface area contributed by atoms with Crippen molar-refractivity contribution in [2.75, 3.05) is 18.9 Å². The molecule has 0 heterocycles. The molecule has 0 fully saturated rings. The van der Waals surface area contributed by atoms with E-state index >= 15 is 0 Å². The molecule has 1 amide bonds. The van der Waals surface area contributed by atoms with Gasteiger partial charge in [-0.3, -0.25) is 4.79 Å². The van der Waals surface area contributed by atoms with Crippen LogP contribution in [0.15, 0.2) is 77.7 Å². The Kier molecular flexibility index (Phi) is 6.28. The number of thioether (sulfide) groups is 1. The van der Waals surface area contributed by atoms with E-state index in [1.165, 1.54) is 0 Å². The molecule has 0 aliphatic rings. The lowest BCUT2D eigenvalue weighted by Crippen LogP contribution is -2.30. The number of fused-ring (bicyclic) bond motifs is 1. The van der Waals surface area contributed by atoms with Gasteiger partial charge in [-0.05, 0) is 29.0 Å². The topological polar surface area (TPSA) is 55.4 Å². The minimum absolute atomic E-state index is 0.280. The van der Waals surface area contributed by atoms with Gasteiger partial charge in [-0.15, -0.1) is 11.8 Å². The van der Waals surface area contributed by atoms with Crippen molar-refractivity contribution in [3.05, 3.63) is 78.4 Å². The Hall–Kier alpha value is -2.79. The second-order valence-corrected chi connectivity index (χ2v) is 6.78. The number of hydrogen-bond acceptors (Lipinski definition) is 4. The van der Waals surface area contributed by atoms with Gasteiger partial charge >= 0.3 is 5.97 Å². The first kappa shape index (κ1) is 18.0. The Morgan fingerprint density at radius 2 is 1.62 bits per heavy atom. The fourth-order valence-electron chi connectivity index (χ4n) is 2.54. The quantitative estimate of drug-likeness (QED) is 0.392. The van der Waals surface area contributed by atoms with Crippen molar-refractivity contribution in [3.63, 3.8) is 0 Å². The molecule has 0 atom stereocenters. The number of carbonyl (C=O) groups excluding carboxylic acids is 2. The lowest BCUT2D eigenvalue weighted by Gasteiger charge is -2.08. The van der Waals surface area contributed by atoms with Gasteiger partial charge in [0, 0.05) is 17.2 Å². The molecule has 0 radical (unpaired) electrons. The Morgan fingerprint density at radius 3 is 2.46 bits per heavy atom. The monoisotopic (exact) mass is 365 g/mol. The second-order valence-electron chi connectivity index (χ2n) is 5.61. The van der Waals surface area contributed by atoms with E-state index in [1.807, 2.05) is 60.7 Å². The number of amides is 1. The first-order valence-corrected chi connectivity index (χ1v) is 9.32. The Morgan fingerprint density at radius 1 is 0.885 bits per heavy atom. The molecule has 3 rings (SSSR count). The van der Waals surface area contributed by atoms with E-state index in [0.717, 1.165) is 21.4 Å². The number of rotatable bonds is 7. The summed E-state index contributed by atoms with van der Waals surface area (Å²) in [4.78, 5) is 25.3. The summed E-state index contributed by atoms with van der Waals surface area (Å²) in [5.74, 6) is -0.0321. The molecule has 0 saturated heterocycles. The highest BCUT2D eigenvalue weighted by Crippen LogP contribution is 2.19. The van der Waals surface area contributed by atoms with Gasteiger partial charge < -0.3 is 10.1 Å². The van der Waals surface area contributed by atoms with E-state index in [4.69, 9.17) is 4.74 Å². The predicted molar refractivity (Wildman–Crippen MR) is 104 cm³/mol. The zero-order valence-electron chi connectivity index (χ0n) is 14.2. The van der Waals surface area contributed by atoms with Crippen LogP contribution in [0.2, 0.25) is 0 Å². The average molecular weight is 365 g/mol. The summed E-state index contributed by atoms with van der Waals surface area (Å²) in [6.45, 7) is 0.238. The highest BCUT2D eigenvalue weighted by molar-refractivity contribution is 7.99. The SMILES string of the molecule is O=C(COC(=O)c1cccc2ccccc12)NCCSc1ccccc1. The lowest BCUT2D eigenvalue weighted by atomic mass is 10.1. The molecule has 0 aliphatic heterocycles. The molecule has 26 heavy (non-hydrogen) atoms. The summed E-state index contributed by atoms with van der Waals surface area (Å²) in [6, 6.07) is 23.0. The zero-order valence-corrected chi connectivity index (χ0v) is 15.0. The van der Waals surface area contributed by atoms with Gasteiger partial charge in [0.05, 0.1) is 5.56 Å². The van der Waals surface area contributed by atoms with Crippen molar-refractivity contribution in [3.8, 4) is 0 Å². The van der Waals surface area contributed by atoms with E-state index < -0.39 is 5.97 Å². The van der Waals surface area contributed by atoms with Gasteiger partial charge in [0.15, 0.2) is 6.61 Å². The highest BCUT2D eigenvalue weighted by atomic mass is 32.2.